The molecule has 2 atom stereocenters. The van der Waals surface area contributed by atoms with Crippen LogP contribution in [0.1, 0.15) is 31.9 Å². The molecule has 0 radical (unpaired) electrons. The molecule has 0 aromatic carbocycles. The Balaban J connectivity index is 1.58. The second-order valence-corrected chi connectivity index (χ2v) is 7.32. The van der Waals surface area contributed by atoms with E-state index in [0.717, 1.165) is 35.9 Å². The Bertz CT molecular complexity index is 612. The molecule has 2 unspecified atom stereocenters. The van der Waals surface area contributed by atoms with Crippen molar-refractivity contribution in [3.05, 3.63) is 17.3 Å². The molecule has 0 saturated heterocycles. The van der Waals surface area contributed by atoms with E-state index in [2.05, 4.69) is 40.2 Å². The van der Waals surface area contributed by atoms with E-state index in [1.165, 1.54) is 30.8 Å². The van der Waals surface area contributed by atoms with Gasteiger partial charge in [0.2, 0.25) is 0 Å². The van der Waals surface area contributed by atoms with Crippen molar-refractivity contribution in [1.29, 1.82) is 0 Å². The molecule has 2 aromatic heterocycles. The molecule has 2 saturated carbocycles. The molecule has 20 heavy (non-hydrogen) atoms. The molecule has 0 spiro atoms. The first-order chi connectivity index (χ1) is 9.72. The summed E-state index contributed by atoms with van der Waals surface area (Å²) in [5.41, 5.74) is 1.32. The van der Waals surface area contributed by atoms with Crippen molar-refractivity contribution in [3.63, 3.8) is 0 Å². The number of nitrogens with one attached hydrogen (secondary N) is 1. The van der Waals surface area contributed by atoms with Crippen molar-refractivity contribution in [2.75, 3.05) is 18.5 Å². The molecule has 4 rings (SSSR count). The highest BCUT2D eigenvalue weighted by Gasteiger charge is 2.34. The predicted octanol–water partition coefficient (Wildman–Crippen LogP) is 2.74. The number of anilines is 1. The lowest BCUT2D eigenvalue weighted by Gasteiger charge is -2.18. The molecule has 108 valence electrons. The number of hydrogen-bond acceptors (Lipinski definition) is 4. The van der Waals surface area contributed by atoms with Gasteiger partial charge in [-0.2, -0.15) is 0 Å². The lowest BCUT2D eigenvalue weighted by atomic mass is 10.3. The summed E-state index contributed by atoms with van der Waals surface area (Å²) in [5, 5.41) is 5.75. The van der Waals surface area contributed by atoms with E-state index in [0.29, 0.717) is 0 Å². The Labute approximate surface area is 123 Å². The maximum atomic E-state index is 4.84. The standard InChI is InChI=1S/C15H22N4S/c1-10-7-11(10)9-18(2)14-13(8-16-12-3-4-12)19-5-6-20-15(19)17-14/h5-6,10-12,16H,3-4,7-9H2,1-2H3. The summed E-state index contributed by atoms with van der Waals surface area (Å²) in [6.45, 7) is 4.42. The Hall–Kier alpha value is -1.07. The van der Waals surface area contributed by atoms with Gasteiger partial charge in [0.1, 0.15) is 0 Å². The van der Waals surface area contributed by atoms with Crippen LogP contribution >= 0.6 is 11.3 Å². The van der Waals surface area contributed by atoms with E-state index in [4.69, 9.17) is 4.98 Å². The molecule has 4 nitrogen and oxygen atoms in total. The third-order valence-electron chi connectivity index (χ3n) is 4.62. The number of hydrogen-bond donors (Lipinski definition) is 1. The van der Waals surface area contributed by atoms with Gasteiger partial charge in [0.25, 0.3) is 0 Å². The molecule has 2 aliphatic carbocycles. The SMILES string of the molecule is CC1CC1CN(C)c1nc2sccn2c1CNC1CC1. The van der Waals surface area contributed by atoms with Gasteiger partial charge in [-0.25, -0.2) is 4.98 Å². The third-order valence-corrected chi connectivity index (χ3v) is 5.38. The van der Waals surface area contributed by atoms with Crippen molar-refractivity contribution >= 4 is 22.1 Å². The summed E-state index contributed by atoms with van der Waals surface area (Å²) in [4.78, 5) is 8.32. The largest absolute Gasteiger partial charge is 0.358 e. The van der Waals surface area contributed by atoms with Gasteiger partial charge in [-0.1, -0.05) is 6.92 Å². The predicted molar refractivity (Wildman–Crippen MR) is 83.5 cm³/mol. The van der Waals surface area contributed by atoms with E-state index in [1.54, 1.807) is 11.3 Å². The number of thiazole rings is 1. The van der Waals surface area contributed by atoms with Gasteiger partial charge in [0, 0.05) is 37.8 Å². The molecule has 2 aromatic rings. The quantitative estimate of drug-likeness (QED) is 0.888. The maximum absolute atomic E-state index is 4.84. The summed E-state index contributed by atoms with van der Waals surface area (Å²) in [7, 11) is 2.19. The number of aromatic nitrogens is 2. The average molecular weight is 290 g/mol. The molecule has 5 heteroatoms. The van der Waals surface area contributed by atoms with Crippen LogP contribution in [0.2, 0.25) is 0 Å². The first kappa shape index (κ1) is 12.7. The third kappa shape index (κ3) is 2.33. The second kappa shape index (κ2) is 4.74. The van der Waals surface area contributed by atoms with Crippen LogP contribution in [0, 0.1) is 11.8 Å². The molecule has 2 aliphatic rings. The molecule has 2 fully saturated rings. The van der Waals surface area contributed by atoms with Crippen molar-refractivity contribution in [1.82, 2.24) is 14.7 Å². The molecule has 2 heterocycles. The summed E-state index contributed by atoms with van der Waals surface area (Å²) in [5.74, 6) is 2.93. The van der Waals surface area contributed by atoms with Crippen LogP contribution < -0.4 is 10.2 Å². The van der Waals surface area contributed by atoms with Crippen LogP contribution in [0.25, 0.3) is 4.96 Å². The van der Waals surface area contributed by atoms with E-state index in [-0.39, 0.29) is 0 Å². The lowest BCUT2D eigenvalue weighted by Crippen LogP contribution is -2.24. The van der Waals surface area contributed by atoms with Crippen molar-refractivity contribution in [2.45, 2.75) is 38.8 Å². The minimum atomic E-state index is 0.737. The number of nitrogens with zero attached hydrogens (tertiary/aromatic N) is 3. The molecule has 0 bridgehead atoms. The Kier molecular flexibility index (Phi) is 3.00. The highest BCUT2D eigenvalue weighted by molar-refractivity contribution is 7.15. The molecule has 1 N–H and O–H groups in total. The summed E-state index contributed by atoms with van der Waals surface area (Å²) in [6.07, 6.45) is 6.18. The van der Waals surface area contributed by atoms with Crippen LogP contribution in [0.4, 0.5) is 5.82 Å². The fraction of sp³-hybridized carbons (Fsp3) is 0.667. The molecule has 0 aliphatic heterocycles. The summed E-state index contributed by atoms with van der Waals surface area (Å²) in [6, 6.07) is 0.737. The topological polar surface area (TPSA) is 32.6 Å². The minimum Gasteiger partial charge on any atom is -0.358 e. The van der Waals surface area contributed by atoms with Gasteiger partial charge < -0.3 is 10.2 Å². The van der Waals surface area contributed by atoms with Gasteiger partial charge in [-0.15, -0.1) is 11.3 Å². The van der Waals surface area contributed by atoms with Gasteiger partial charge >= 0.3 is 0 Å². The highest BCUT2D eigenvalue weighted by atomic mass is 32.1. The minimum absolute atomic E-state index is 0.737. The van der Waals surface area contributed by atoms with E-state index in [9.17, 15) is 0 Å². The van der Waals surface area contributed by atoms with Crippen molar-refractivity contribution in [3.8, 4) is 0 Å². The smallest absolute Gasteiger partial charge is 0.195 e. The summed E-state index contributed by atoms with van der Waals surface area (Å²) < 4.78 is 2.25. The Morgan fingerprint density at radius 3 is 3.00 bits per heavy atom. The normalized spacial score (nSPS) is 25.3. The van der Waals surface area contributed by atoms with Gasteiger partial charge in [0.05, 0.1) is 5.69 Å². The fourth-order valence-corrected chi connectivity index (χ4v) is 3.64. The summed E-state index contributed by atoms with van der Waals surface area (Å²) >= 11 is 1.72. The zero-order valence-electron chi connectivity index (χ0n) is 12.2. The average Bonchev–Trinajstić information content (AvgIpc) is 3.27. The zero-order valence-corrected chi connectivity index (χ0v) is 13.0. The van der Waals surface area contributed by atoms with Gasteiger partial charge in [-0.3, -0.25) is 4.40 Å². The van der Waals surface area contributed by atoms with Gasteiger partial charge in [-0.05, 0) is 31.1 Å². The van der Waals surface area contributed by atoms with E-state index >= 15 is 0 Å². The van der Waals surface area contributed by atoms with Crippen LogP contribution in [-0.2, 0) is 6.54 Å². The number of rotatable bonds is 6. The lowest BCUT2D eigenvalue weighted by molar-refractivity contribution is 0.663. The Morgan fingerprint density at radius 2 is 2.30 bits per heavy atom. The molecular formula is C15H22N4S. The van der Waals surface area contributed by atoms with E-state index < -0.39 is 0 Å². The Morgan fingerprint density at radius 1 is 1.50 bits per heavy atom. The first-order valence-corrected chi connectivity index (χ1v) is 8.49. The fourth-order valence-electron chi connectivity index (χ4n) is 2.91. The van der Waals surface area contributed by atoms with Gasteiger partial charge in [0.15, 0.2) is 10.8 Å². The molecule has 0 amide bonds. The molecular weight excluding hydrogens is 268 g/mol. The monoisotopic (exact) mass is 290 g/mol. The maximum Gasteiger partial charge on any atom is 0.195 e. The van der Waals surface area contributed by atoms with Crippen LogP contribution in [0.3, 0.4) is 0 Å². The second-order valence-electron chi connectivity index (χ2n) is 6.45. The number of fused-ring (bicyclic) bond motifs is 1. The van der Waals surface area contributed by atoms with Crippen LogP contribution in [-0.4, -0.2) is 29.0 Å². The van der Waals surface area contributed by atoms with E-state index in [1.807, 2.05) is 0 Å². The zero-order chi connectivity index (χ0) is 13.7. The number of imidazole rings is 1. The van der Waals surface area contributed by atoms with Crippen molar-refractivity contribution < 1.29 is 0 Å². The van der Waals surface area contributed by atoms with Crippen LogP contribution in [0.15, 0.2) is 11.6 Å². The van der Waals surface area contributed by atoms with Crippen molar-refractivity contribution in [2.24, 2.45) is 11.8 Å². The first-order valence-electron chi connectivity index (χ1n) is 7.61. The van der Waals surface area contributed by atoms with Crippen LogP contribution in [0.5, 0.6) is 0 Å². The highest BCUT2D eigenvalue weighted by Crippen LogP contribution is 2.39.